The number of amides is 2. The van der Waals surface area contributed by atoms with Crippen molar-refractivity contribution in [2.75, 3.05) is 10.6 Å². The van der Waals surface area contributed by atoms with Crippen molar-refractivity contribution in [1.29, 1.82) is 0 Å². The van der Waals surface area contributed by atoms with Crippen LogP contribution < -0.4 is 10.6 Å². The first-order valence-electron chi connectivity index (χ1n) is 6.15. The zero-order valence-electron chi connectivity index (χ0n) is 11.6. The number of nitrogens with one attached hydrogen (secondary N) is 2. The third-order valence-electron chi connectivity index (χ3n) is 2.69. The van der Waals surface area contributed by atoms with E-state index >= 15 is 0 Å². The number of rotatable bonds is 3. The number of benzene rings is 1. The van der Waals surface area contributed by atoms with Gasteiger partial charge in [0.15, 0.2) is 0 Å². The molecule has 0 aliphatic carbocycles. The summed E-state index contributed by atoms with van der Waals surface area (Å²) in [6.45, 7) is 3.28. The van der Waals surface area contributed by atoms with E-state index in [9.17, 15) is 9.59 Å². The Kier molecular flexibility index (Phi) is 3.84. The van der Waals surface area contributed by atoms with Crippen molar-refractivity contribution in [2.24, 2.45) is 7.05 Å². The van der Waals surface area contributed by atoms with Crippen LogP contribution in [0.5, 0.6) is 0 Å². The number of aryl methyl sites for hydroxylation is 2. The molecule has 0 bridgehead atoms. The average molecular weight is 272 g/mol. The van der Waals surface area contributed by atoms with Gasteiger partial charge in [0.05, 0.1) is 5.69 Å². The molecule has 1 heterocycles. The minimum absolute atomic E-state index is 0.176. The van der Waals surface area contributed by atoms with Crippen LogP contribution in [0.2, 0.25) is 0 Å². The molecule has 0 fully saturated rings. The van der Waals surface area contributed by atoms with Crippen molar-refractivity contribution < 1.29 is 9.59 Å². The van der Waals surface area contributed by atoms with Crippen molar-refractivity contribution in [3.63, 3.8) is 0 Å². The van der Waals surface area contributed by atoms with E-state index in [1.54, 1.807) is 42.1 Å². The minimum atomic E-state index is -0.250. The van der Waals surface area contributed by atoms with E-state index in [-0.39, 0.29) is 11.8 Å². The standard InChI is InChI=1S/C14H16N4O2/c1-9-7-13(18(3)17-9)16-14(20)11-5-4-6-12(8-11)15-10(2)19/h4-8H,1-3H3,(H,15,19)(H,16,20). The van der Waals surface area contributed by atoms with Crippen LogP contribution in [0.3, 0.4) is 0 Å². The second kappa shape index (κ2) is 5.56. The molecule has 104 valence electrons. The molecule has 0 atom stereocenters. The highest BCUT2D eigenvalue weighted by molar-refractivity contribution is 6.04. The Bertz CT molecular complexity index is 661. The number of hydrogen-bond donors (Lipinski definition) is 2. The molecule has 0 unspecified atom stereocenters. The molecule has 2 rings (SSSR count). The Hall–Kier alpha value is -2.63. The van der Waals surface area contributed by atoms with Crippen molar-refractivity contribution in [1.82, 2.24) is 9.78 Å². The monoisotopic (exact) mass is 272 g/mol. The number of nitrogens with zero attached hydrogens (tertiary/aromatic N) is 2. The van der Waals surface area contributed by atoms with Crippen LogP contribution in [0, 0.1) is 6.92 Å². The Morgan fingerprint density at radius 3 is 2.55 bits per heavy atom. The Morgan fingerprint density at radius 2 is 1.95 bits per heavy atom. The molecular weight excluding hydrogens is 256 g/mol. The molecule has 2 amide bonds. The van der Waals surface area contributed by atoms with Crippen molar-refractivity contribution >= 4 is 23.3 Å². The summed E-state index contributed by atoms with van der Waals surface area (Å²) in [6.07, 6.45) is 0. The predicted molar refractivity (Wildman–Crippen MR) is 76.6 cm³/mol. The number of carbonyl (C=O) groups is 2. The summed E-state index contributed by atoms with van der Waals surface area (Å²) in [7, 11) is 1.76. The third kappa shape index (κ3) is 3.23. The lowest BCUT2D eigenvalue weighted by Gasteiger charge is -2.07. The Labute approximate surface area is 116 Å². The van der Waals surface area contributed by atoms with E-state index < -0.39 is 0 Å². The zero-order chi connectivity index (χ0) is 14.7. The molecular formula is C14H16N4O2. The first kappa shape index (κ1) is 13.8. The summed E-state index contributed by atoms with van der Waals surface area (Å²) in [5, 5.41) is 9.58. The number of carbonyl (C=O) groups excluding carboxylic acids is 2. The fourth-order valence-corrected chi connectivity index (χ4v) is 1.86. The summed E-state index contributed by atoms with van der Waals surface area (Å²) in [4.78, 5) is 23.2. The van der Waals surface area contributed by atoms with Gasteiger partial charge in [-0.2, -0.15) is 5.10 Å². The minimum Gasteiger partial charge on any atom is -0.326 e. The lowest BCUT2D eigenvalue weighted by Crippen LogP contribution is -2.15. The van der Waals surface area contributed by atoms with Crippen molar-refractivity contribution in [2.45, 2.75) is 13.8 Å². The Balaban J connectivity index is 2.17. The summed E-state index contributed by atoms with van der Waals surface area (Å²) < 4.78 is 1.60. The molecule has 0 radical (unpaired) electrons. The van der Waals surface area contributed by atoms with Gasteiger partial charge < -0.3 is 10.6 Å². The van der Waals surface area contributed by atoms with Crippen LogP contribution in [-0.4, -0.2) is 21.6 Å². The normalized spacial score (nSPS) is 10.2. The predicted octanol–water partition coefficient (Wildman–Crippen LogP) is 1.94. The first-order chi connectivity index (χ1) is 9.45. The summed E-state index contributed by atoms with van der Waals surface area (Å²) in [5.74, 6) is 0.197. The zero-order valence-corrected chi connectivity index (χ0v) is 11.6. The maximum Gasteiger partial charge on any atom is 0.256 e. The second-order valence-electron chi connectivity index (χ2n) is 4.51. The molecule has 6 nitrogen and oxygen atoms in total. The van der Waals surface area contributed by atoms with Gasteiger partial charge in [0, 0.05) is 31.3 Å². The average Bonchev–Trinajstić information content (AvgIpc) is 2.67. The molecule has 6 heteroatoms. The van der Waals surface area contributed by atoms with Gasteiger partial charge in [-0.05, 0) is 25.1 Å². The van der Waals surface area contributed by atoms with E-state index in [0.717, 1.165) is 5.69 Å². The van der Waals surface area contributed by atoms with Gasteiger partial charge in [-0.25, -0.2) is 0 Å². The molecule has 1 aromatic carbocycles. The van der Waals surface area contributed by atoms with Gasteiger partial charge >= 0.3 is 0 Å². The topological polar surface area (TPSA) is 76.0 Å². The maximum absolute atomic E-state index is 12.1. The fraction of sp³-hybridized carbons (Fsp3) is 0.214. The van der Waals surface area contributed by atoms with Gasteiger partial charge in [-0.3, -0.25) is 14.3 Å². The van der Waals surface area contributed by atoms with Crippen LogP contribution in [0.1, 0.15) is 23.0 Å². The molecule has 20 heavy (non-hydrogen) atoms. The third-order valence-corrected chi connectivity index (χ3v) is 2.69. The van der Waals surface area contributed by atoms with Gasteiger partial charge in [-0.1, -0.05) is 6.07 Å². The molecule has 0 aliphatic heterocycles. The smallest absolute Gasteiger partial charge is 0.256 e. The van der Waals surface area contributed by atoms with Crippen molar-refractivity contribution in [3.8, 4) is 0 Å². The highest BCUT2D eigenvalue weighted by atomic mass is 16.2. The van der Waals surface area contributed by atoms with Gasteiger partial charge in [0.2, 0.25) is 5.91 Å². The van der Waals surface area contributed by atoms with Crippen LogP contribution in [0.4, 0.5) is 11.5 Å². The van der Waals surface area contributed by atoms with Crippen LogP contribution in [0.25, 0.3) is 0 Å². The van der Waals surface area contributed by atoms with Crippen molar-refractivity contribution in [3.05, 3.63) is 41.6 Å². The van der Waals surface area contributed by atoms with E-state index in [0.29, 0.717) is 17.1 Å². The number of hydrogen-bond acceptors (Lipinski definition) is 3. The lowest BCUT2D eigenvalue weighted by molar-refractivity contribution is -0.114. The largest absolute Gasteiger partial charge is 0.326 e. The molecule has 0 aliphatic rings. The van der Waals surface area contributed by atoms with Gasteiger partial charge in [0.25, 0.3) is 5.91 Å². The first-order valence-corrected chi connectivity index (χ1v) is 6.15. The lowest BCUT2D eigenvalue weighted by atomic mass is 10.2. The summed E-state index contributed by atoms with van der Waals surface area (Å²) in [5.41, 5.74) is 1.89. The summed E-state index contributed by atoms with van der Waals surface area (Å²) >= 11 is 0. The van der Waals surface area contributed by atoms with E-state index in [1.165, 1.54) is 6.92 Å². The molecule has 0 spiro atoms. The highest BCUT2D eigenvalue weighted by Gasteiger charge is 2.10. The molecule has 0 saturated carbocycles. The number of anilines is 2. The molecule has 2 aromatic rings. The molecule has 0 saturated heterocycles. The van der Waals surface area contributed by atoms with E-state index in [1.807, 2.05) is 6.92 Å². The molecule has 2 N–H and O–H groups in total. The van der Waals surface area contributed by atoms with Crippen LogP contribution in [-0.2, 0) is 11.8 Å². The van der Waals surface area contributed by atoms with E-state index in [4.69, 9.17) is 0 Å². The van der Waals surface area contributed by atoms with E-state index in [2.05, 4.69) is 15.7 Å². The number of aromatic nitrogens is 2. The quantitative estimate of drug-likeness (QED) is 0.896. The van der Waals surface area contributed by atoms with Crippen LogP contribution in [0.15, 0.2) is 30.3 Å². The fourth-order valence-electron chi connectivity index (χ4n) is 1.86. The Morgan fingerprint density at radius 1 is 1.20 bits per heavy atom. The maximum atomic E-state index is 12.1. The summed E-state index contributed by atoms with van der Waals surface area (Å²) in [6, 6.07) is 8.54. The van der Waals surface area contributed by atoms with Gasteiger partial charge in [-0.15, -0.1) is 0 Å². The molecule has 1 aromatic heterocycles. The van der Waals surface area contributed by atoms with Gasteiger partial charge in [0.1, 0.15) is 5.82 Å². The SMILES string of the molecule is CC(=O)Nc1cccc(C(=O)Nc2cc(C)nn2C)c1. The second-order valence-corrected chi connectivity index (χ2v) is 4.51. The highest BCUT2D eigenvalue weighted by Crippen LogP contribution is 2.14. The van der Waals surface area contributed by atoms with Crippen LogP contribution >= 0.6 is 0 Å².